The van der Waals surface area contributed by atoms with Crippen LogP contribution in [0.3, 0.4) is 0 Å². The Morgan fingerprint density at radius 2 is 1.90 bits per heavy atom. The standard InChI is InChI=1S/C40H55FN4O5Si/c1-27(2)12-10-13-28(3)19-21-45-34-18-17-31(43-38(48)33-16-11-20-42-33)24-32(34)40(39(45)49)29(4)37(51(5,6)41)35(50-40)25-36(47)44(22-23-46)26-30-14-8-7-9-15-30/h7-9,12,14-15,17-19,24,29,33,35,37,42,46H,10-11,13,16,20-23,25-26H2,1-6H3,(H,43,48)/b28-19+/t29-,33+,35+,37-,40+/m0/s1. The second-order valence-corrected chi connectivity index (χ2v) is 19.0. The van der Waals surface area contributed by atoms with Crippen LogP contribution in [-0.4, -0.2) is 74.5 Å². The van der Waals surface area contributed by atoms with Gasteiger partial charge in [-0.3, -0.25) is 14.4 Å². The predicted octanol–water partition coefficient (Wildman–Crippen LogP) is 6.60. The maximum Gasteiger partial charge on any atom is 0.264 e. The molecule has 276 valence electrons. The van der Waals surface area contributed by atoms with E-state index in [0.29, 0.717) is 30.0 Å². The number of carbonyl (C=O) groups is 3. The Kier molecular flexibility index (Phi) is 12.4. The number of aliphatic hydroxyl groups excluding tert-OH is 1. The molecule has 9 nitrogen and oxygen atoms in total. The van der Waals surface area contributed by atoms with Gasteiger partial charge in [0.1, 0.15) is 0 Å². The molecule has 1 spiro atoms. The molecular formula is C40H55FN4O5Si. The van der Waals surface area contributed by atoms with Crippen molar-refractivity contribution >= 4 is 37.5 Å². The highest BCUT2D eigenvalue weighted by Crippen LogP contribution is 2.60. The minimum absolute atomic E-state index is 0.121. The molecule has 2 saturated heterocycles. The first kappa shape index (κ1) is 38.6. The van der Waals surface area contributed by atoms with Gasteiger partial charge in [-0.25, -0.2) is 0 Å². The molecule has 11 heteroatoms. The third kappa shape index (κ3) is 8.54. The van der Waals surface area contributed by atoms with E-state index in [1.165, 1.54) is 5.57 Å². The average molecular weight is 719 g/mol. The molecule has 2 aromatic rings. The van der Waals surface area contributed by atoms with Crippen LogP contribution >= 0.6 is 0 Å². The van der Waals surface area contributed by atoms with Gasteiger partial charge < -0.3 is 34.4 Å². The fourth-order valence-corrected chi connectivity index (χ4v) is 10.6. The third-order valence-electron chi connectivity index (χ3n) is 10.6. The van der Waals surface area contributed by atoms with Gasteiger partial charge in [0.2, 0.25) is 20.2 Å². The number of nitrogens with zero attached hydrogens (tertiary/aromatic N) is 2. The van der Waals surface area contributed by atoms with Crippen molar-refractivity contribution in [1.29, 1.82) is 0 Å². The number of nitrogens with one attached hydrogen (secondary N) is 2. The summed E-state index contributed by atoms with van der Waals surface area (Å²) < 4.78 is 23.4. The van der Waals surface area contributed by atoms with Crippen molar-refractivity contribution in [3.8, 4) is 0 Å². The summed E-state index contributed by atoms with van der Waals surface area (Å²) in [5.41, 5.74) is 2.89. The van der Waals surface area contributed by atoms with Crippen molar-refractivity contribution in [2.24, 2.45) is 5.92 Å². The zero-order valence-electron chi connectivity index (χ0n) is 31.0. The second-order valence-electron chi connectivity index (χ2n) is 15.2. The largest absolute Gasteiger partial charge is 0.395 e. The first-order valence-corrected chi connectivity index (χ1v) is 21.3. The molecule has 5 rings (SSSR count). The van der Waals surface area contributed by atoms with Crippen LogP contribution < -0.4 is 15.5 Å². The van der Waals surface area contributed by atoms with Crippen molar-refractivity contribution in [2.75, 3.05) is 36.5 Å². The van der Waals surface area contributed by atoms with Crippen molar-refractivity contribution in [2.45, 2.75) is 103 Å². The quantitative estimate of drug-likeness (QED) is 0.115. The Balaban J connectivity index is 1.50. The van der Waals surface area contributed by atoms with Gasteiger partial charge in [-0.2, -0.15) is 0 Å². The number of anilines is 2. The normalized spacial score (nSPS) is 24.6. The molecule has 0 bridgehead atoms. The lowest BCUT2D eigenvalue weighted by Crippen LogP contribution is -2.45. The molecule has 2 aromatic carbocycles. The lowest BCUT2D eigenvalue weighted by Gasteiger charge is -2.31. The Labute approximate surface area is 303 Å². The number of amides is 3. The van der Waals surface area contributed by atoms with E-state index in [1.54, 1.807) is 29.0 Å². The van der Waals surface area contributed by atoms with E-state index in [-0.39, 0.29) is 43.3 Å². The summed E-state index contributed by atoms with van der Waals surface area (Å²) in [7, 11) is -3.54. The highest BCUT2D eigenvalue weighted by Gasteiger charge is 2.67. The number of hydrogen-bond donors (Lipinski definition) is 3. The van der Waals surface area contributed by atoms with Gasteiger partial charge in [-0.1, -0.05) is 60.6 Å². The minimum Gasteiger partial charge on any atom is -0.395 e. The summed E-state index contributed by atoms with van der Waals surface area (Å²) in [5, 5.41) is 16.1. The van der Waals surface area contributed by atoms with Crippen LogP contribution in [0.4, 0.5) is 15.5 Å². The summed E-state index contributed by atoms with van der Waals surface area (Å²) in [4.78, 5) is 45.2. The van der Waals surface area contributed by atoms with Crippen molar-refractivity contribution in [3.05, 3.63) is 83.0 Å². The summed E-state index contributed by atoms with van der Waals surface area (Å²) in [6.07, 6.45) is 6.70. The summed E-state index contributed by atoms with van der Waals surface area (Å²) >= 11 is 0. The monoisotopic (exact) mass is 718 g/mol. The Morgan fingerprint density at radius 1 is 1.16 bits per heavy atom. The fraction of sp³-hybridized carbons (Fsp3) is 0.525. The van der Waals surface area contributed by atoms with E-state index in [0.717, 1.165) is 43.4 Å². The van der Waals surface area contributed by atoms with Gasteiger partial charge in [0.25, 0.3) is 5.91 Å². The highest BCUT2D eigenvalue weighted by atomic mass is 28.4. The van der Waals surface area contributed by atoms with Crippen LogP contribution in [0.25, 0.3) is 0 Å². The molecule has 3 N–H and O–H groups in total. The van der Waals surface area contributed by atoms with Crippen molar-refractivity contribution in [1.82, 2.24) is 10.2 Å². The number of allylic oxidation sites excluding steroid dienone is 3. The summed E-state index contributed by atoms with van der Waals surface area (Å²) in [6.45, 7) is 12.6. The fourth-order valence-electron chi connectivity index (χ4n) is 8.10. The topological polar surface area (TPSA) is 111 Å². The number of fused-ring (bicyclic) bond motifs is 2. The van der Waals surface area contributed by atoms with Gasteiger partial charge in [0, 0.05) is 42.3 Å². The third-order valence-corrected chi connectivity index (χ3v) is 13.1. The summed E-state index contributed by atoms with van der Waals surface area (Å²) in [5.74, 6) is -1.29. The zero-order valence-corrected chi connectivity index (χ0v) is 32.0. The van der Waals surface area contributed by atoms with Crippen LogP contribution in [0.5, 0.6) is 0 Å². The SMILES string of the molecule is CC(C)=CCC/C(C)=C/CN1C(=O)[C@]2(O[C@H](CC(=O)N(CCO)Cc3ccccc3)[C@@H]([Si](C)(C)F)[C@@H]2C)c2cc(NC(=O)[C@H]3CCCN3)ccc21. The van der Waals surface area contributed by atoms with Crippen molar-refractivity contribution in [3.63, 3.8) is 0 Å². The molecule has 0 radical (unpaired) electrons. The summed E-state index contributed by atoms with van der Waals surface area (Å²) in [6, 6.07) is 14.7. The molecule has 3 heterocycles. The predicted molar refractivity (Wildman–Crippen MR) is 202 cm³/mol. The molecule has 3 amide bonds. The number of aliphatic hydroxyl groups is 1. The van der Waals surface area contributed by atoms with Crippen LogP contribution in [-0.2, 0) is 31.3 Å². The number of ether oxygens (including phenoxy) is 1. The maximum absolute atomic E-state index is 16.5. The Bertz CT molecular complexity index is 1630. The zero-order chi connectivity index (χ0) is 36.9. The lowest BCUT2D eigenvalue weighted by atomic mass is 9.82. The lowest BCUT2D eigenvalue weighted by molar-refractivity contribution is -0.149. The first-order chi connectivity index (χ1) is 24.3. The molecular weight excluding hydrogens is 664 g/mol. The molecule has 0 saturated carbocycles. The van der Waals surface area contributed by atoms with Crippen LogP contribution in [0, 0.1) is 5.92 Å². The molecule has 0 aromatic heterocycles. The van der Waals surface area contributed by atoms with Crippen LogP contribution in [0.15, 0.2) is 71.8 Å². The molecule has 3 aliphatic rings. The number of rotatable bonds is 14. The molecule has 0 aliphatic carbocycles. The first-order valence-electron chi connectivity index (χ1n) is 18.3. The van der Waals surface area contributed by atoms with E-state index >= 15 is 4.11 Å². The maximum atomic E-state index is 16.5. The smallest absolute Gasteiger partial charge is 0.264 e. The molecule has 3 aliphatic heterocycles. The van der Waals surface area contributed by atoms with E-state index in [1.807, 2.05) is 49.4 Å². The molecule has 51 heavy (non-hydrogen) atoms. The van der Waals surface area contributed by atoms with Gasteiger partial charge in [-0.05, 0) is 89.9 Å². The Hall–Kier alpha value is -3.64. The minimum atomic E-state index is -3.54. The number of carbonyl (C=O) groups excluding carboxylic acids is 3. The van der Waals surface area contributed by atoms with Crippen molar-refractivity contribution < 1.29 is 28.3 Å². The van der Waals surface area contributed by atoms with Gasteiger partial charge in [-0.15, -0.1) is 0 Å². The Morgan fingerprint density at radius 3 is 2.55 bits per heavy atom. The van der Waals surface area contributed by atoms with Crippen LogP contribution in [0.1, 0.15) is 70.9 Å². The number of hydrogen-bond acceptors (Lipinski definition) is 6. The molecule has 2 fully saturated rings. The highest BCUT2D eigenvalue weighted by molar-refractivity contribution is 6.72. The van der Waals surface area contributed by atoms with Gasteiger partial charge in [0.05, 0.1) is 30.9 Å². The second kappa shape index (κ2) is 16.4. The van der Waals surface area contributed by atoms with Crippen LogP contribution in [0.2, 0.25) is 18.6 Å². The number of benzene rings is 2. The van der Waals surface area contributed by atoms with Gasteiger partial charge >= 0.3 is 0 Å². The molecule has 0 unspecified atom stereocenters. The van der Waals surface area contributed by atoms with E-state index < -0.39 is 31.6 Å². The van der Waals surface area contributed by atoms with E-state index in [9.17, 15) is 19.5 Å². The molecule has 5 atom stereocenters. The van der Waals surface area contributed by atoms with Gasteiger partial charge in [0.15, 0.2) is 5.60 Å². The number of halogens is 1. The van der Waals surface area contributed by atoms with E-state index in [4.69, 9.17) is 4.74 Å². The average Bonchev–Trinajstić information content (AvgIpc) is 3.77. The van der Waals surface area contributed by atoms with E-state index in [2.05, 4.69) is 43.6 Å².